The average molecular weight is 244 g/mol. The van der Waals surface area contributed by atoms with E-state index in [0.717, 1.165) is 25.2 Å². The standard InChI is InChI=1S/C15H20N2O/c1-11-4-2-3-5-12(11)8-15(18)17-9-13-6-7-16-14(13)10-17/h2-5,13-14,16H,6-10H2,1H3/t13-,14+/m0/s1. The molecule has 0 bridgehead atoms. The molecule has 2 aliphatic heterocycles. The highest BCUT2D eigenvalue weighted by Gasteiger charge is 2.37. The number of amides is 1. The maximum absolute atomic E-state index is 12.3. The number of rotatable bonds is 2. The third-order valence-electron chi connectivity index (χ3n) is 4.32. The summed E-state index contributed by atoms with van der Waals surface area (Å²) in [4.78, 5) is 14.3. The minimum Gasteiger partial charge on any atom is -0.340 e. The number of aryl methyl sites for hydroxylation is 1. The van der Waals surface area contributed by atoms with Crippen molar-refractivity contribution in [3.63, 3.8) is 0 Å². The fraction of sp³-hybridized carbons (Fsp3) is 0.533. The molecule has 2 heterocycles. The van der Waals surface area contributed by atoms with Gasteiger partial charge in [-0.3, -0.25) is 4.79 Å². The first-order chi connectivity index (χ1) is 8.74. The molecular weight excluding hydrogens is 224 g/mol. The highest BCUT2D eigenvalue weighted by molar-refractivity contribution is 5.79. The summed E-state index contributed by atoms with van der Waals surface area (Å²) in [6, 6.07) is 8.71. The van der Waals surface area contributed by atoms with Gasteiger partial charge in [-0.25, -0.2) is 0 Å². The molecule has 2 aliphatic rings. The predicted octanol–water partition coefficient (Wildman–Crippen LogP) is 1.36. The van der Waals surface area contributed by atoms with Crippen molar-refractivity contribution in [3.8, 4) is 0 Å². The Kier molecular flexibility index (Phi) is 3.08. The molecule has 0 aromatic heterocycles. The number of fused-ring (bicyclic) bond motifs is 1. The van der Waals surface area contributed by atoms with Crippen LogP contribution in [0.25, 0.3) is 0 Å². The lowest BCUT2D eigenvalue weighted by Gasteiger charge is -2.18. The molecule has 3 heteroatoms. The fourth-order valence-corrected chi connectivity index (χ4v) is 3.14. The summed E-state index contributed by atoms with van der Waals surface area (Å²) in [5.74, 6) is 0.964. The Morgan fingerprint density at radius 2 is 2.22 bits per heavy atom. The number of hydrogen-bond donors (Lipinski definition) is 1. The second-order valence-electron chi connectivity index (χ2n) is 5.51. The van der Waals surface area contributed by atoms with Gasteiger partial charge in [0.1, 0.15) is 0 Å². The Bertz CT molecular complexity index is 446. The van der Waals surface area contributed by atoms with E-state index in [-0.39, 0.29) is 5.91 Å². The molecule has 18 heavy (non-hydrogen) atoms. The zero-order valence-corrected chi connectivity index (χ0v) is 10.9. The lowest BCUT2D eigenvalue weighted by molar-refractivity contribution is -0.129. The van der Waals surface area contributed by atoms with Crippen LogP contribution in [0.5, 0.6) is 0 Å². The molecule has 3 nitrogen and oxygen atoms in total. The zero-order valence-electron chi connectivity index (χ0n) is 10.9. The first-order valence-electron chi connectivity index (χ1n) is 6.79. The normalized spacial score (nSPS) is 26.4. The van der Waals surface area contributed by atoms with Crippen molar-refractivity contribution in [3.05, 3.63) is 35.4 Å². The van der Waals surface area contributed by atoms with Crippen LogP contribution in [0.3, 0.4) is 0 Å². The van der Waals surface area contributed by atoms with Gasteiger partial charge in [-0.05, 0) is 36.9 Å². The smallest absolute Gasteiger partial charge is 0.227 e. The van der Waals surface area contributed by atoms with Gasteiger partial charge in [-0.2, -0.15) is 0 Å². The summed E-state index contributed by atoms with van der Waals surface area (Å²) in [6.07, 6.45) is 1.77. The third kappa shape index (κ3) is 2.15. The molecule has 0 unspecified atom stereocenters. The maximum Gasteiger partial charge on any atom is 0.227 e. The minimum absolute atomic E-state index is 0.278. The fourth-order valence-electron chi connectivity index (χ4n) is 3.14. The molecule has 2 saturated heterocycles. The molecule has 96 valence electrons. The number of hydrogen-bond acceptors (Lipinski definition) is 2. The molecule has 0 saturated carbocycles. The Balaban J connectivity index is 1.64. The number of nitrogens with one attached hydrogen (secondary N) is 1. The monoisotopic (exact) mass is 244 g/mol. The Labute approximate surface area is 108 Å². The van der Waals surface area contributed by atoms with E-state index < -0.39 is 0 Å². The SMILES string of the molecule is Cc1ccccc1CC(=O)N1C[C@@H]2CCN[C@@H]2C1. The van der Waals surface area contributed by atoms with Crippen molar-refractivity contribution >= 4 is 5.91 Å². The molecular formula is C15H20N2O. The van der Waals surface area contributed by atoms with Gasteiger partial charge in [0.2, 0.25) is 5.91 Å². The van der Waals surface area contributed by atoms with Gasteiger partial charge in [0.25, 0.3) is 0 Å². The van der Waals surface area contributed by atoms with Crippen LogP contribution in [0.1, 0.15) is 17.5 Å². The average Bonchev–Trinajstić information content (AvgIpc) is 2.92. The van der Waals surface area contributed by atoms with Crippen molar-refractivity contribution in [2.45, 2.75) is 25.8 Å². The van der Waals surface area contributed by atoms with Crippen LogP contribution in [0.15, 0.2) is 24.3 Å². The van der Waals surface area contributed by atoms with E-state index in [0.29, 0.717) is 18.4 Å². The summed E-state index contributed by atoms with van der Waals surface area (Å²) >= 11 is 0. The zero-order chi connectivity index (χ0) is 12.5. The van der Waals surface area contributed by atoms with Crippen LogP contribution < -0.4 is 5.32 Å². The minimum atomic E-state index is 0.278. The van der Waals surface area contributed by atoms with Crippen molar-refractivity contribution in [2.75, 3.05) is 19.6 Å². The van der Waals surface area contributed by atoms with Gasteiger partial charge in [-0.1, -0.05) is 24.3 Å². The summed E-state index contributed by atoms with van der Waals surface area (Å²) in [5.41, 5.74) is 2.37. The molecule has 1 amide bonds. The topological polar surface area (TPSA) is 32.3 Å². The lowest BCUT2D eigenvalue weighted by atomic mass is 10.1. The van der Waals surface area contributed by atoms with Gasteiger partial charge < -0.3 is 10.2 Å². The number of likely N-dealkylation sites (tertiary alicyclic amines) is 1. The van der Waals surface area contributed by atoms with E-state index in [1.54, 1.807) is 0 Å². The maximum atomic E-state index is 12.3. The molecule has 0 aliphatic carbocycles. The molecule has 1 aromatic rings. The Hall–Kier alpha value is -1.35. The van der Waals surface area contributed by atoms with E-state index in [9.17, 15) is 4.79 Å². The number of carbonyl (C=O) groups excluding carboxylic acids is 1. The number of carbonyl (C=O) groups is 1. The quantitative estimate of drug-likeness (QED) is 0.852. The second-order valence-corrected chi connectivity index (χ2v) is 5.51. The van der Waals surface area contributed by atoms with Crippen molar-refractivity contribution in [2.24, 2.45) is 5.92 Å². The van der Waals surface area contributed by atoms with E-state index in [4.69, 9.17) is 0 Å². The van der Waals surface area contributed by atoms with E-state index in [2.05, 4.69) is 24.4 Å². The van der Waals surface area contributed by atoms with Crippen LogP contribution in [-0.4, -0.2) is 36.5 Å². The van der Waals surface area contributed by atoms with Crippen molar-refractivity contribution < 1.29 is 4.79 Å². The molecule has 0 spiro atoms. The van der Waals surface area contributed by atoms with Gasteiger partial charge in [0.05, 0.1) is 6.42 Å². The Morgan fingerprint density at radius 1 is 1.39 bits per heavy atom. The van der Waals surface area contributed by atoms with Crippen LogP contribution in [0.4, 0.5) is 0 Å². The van der Waals surface area contributed by atoms with Crippen LogP contribution >= 0.6 is 0 Å². The molecule has 2 atom stereocenters. The second kappa shape index (κ2) is 4.73. The first-order valence-corrected chi connectivity index (χ1v) is 6.79. The molecule has 1 aromatic carbocycles. The first kappa shape index (κ1) is 11.7. The van der Waals surface area contributed by atoms with Crippen LogP contribution in [-0.2, 0) is 11.2 Å². The van der Waals surface area contributed by atoms with Crippen molar-refractivity contribution in [1.82, 2.24) is 10.2 Å². The summed E-state index contributed by atoms with van der Waals surface area (Å²) in [5, 5.41) is 3.48. The molecule has 2 fully saturated rings. The van der Waals surface area contributed by atoms with E-state index in [1.807, 2.05) is 17.0 Å². The number of nitrogens with zero attached hydrogens (tertiary/aromatic N) is 1. The van der Waals surface area contributed by atoms with Gasteiger partial charge in [0.15, 0.2) is 0 Å². The lowest BCUT2D eigenvalue weighted by Crippen LogP contribution is -2.34. The van der Waals surface area contributed by atoms with Crippen molar-refractivity contribution in [1.29, 1.82) is 0 Å². The van der Waals surface area contributed by atoms with E-state index >= 15 is 0 Å². The summed E-state index contributed by atoms with van der Waals surface area (Å²) in [6.45, 7) is 5.04. The van der Waals surface area contributed by atoms with Gasteiger partial charge >= 0.3 is 0 Å². The Morgan fingerprint density at radius 3 is 3.00 bits per heavy atom. The predicted molar refractivity (Wildman–Crippen MR) is 71.4 cm³/mol. The molecule has 3 rings (SSSR count). The third-order valence-corrected chi connectivity index (χ3v) is 4.32. The number of benzene rings is 1. The largest absolute Gasteiger partial charge is 0.340 e. The highest BCUT2D eigenvalue weighted by Crippen LogP contribution is 2.25. The molecule has 1 N–H and O–H groups in total. The summed E-state index contributed by atoms with van der Waals surface area (Å²) < 4.78 is 0. The molecule has 0 radical (unpaired) electrons. The summed E-state index contributed by atoms with van der Waals surface area (Å²) in [7, 11) is 0. The van der Waals surface area contributed by atoms with Gasteiger partial charge in [-0.15, -0.1) is 0 Å². The van der Waals surface area contributed by atoms with Gasteiger partial charge in [0, 0.05) is 19.1 Å². The van der Waals surface area contributed by atoms with Crippen LogP contribution in [0.2, 0.25) is 0 Å². The van der Waals surface area contributed by atoms with Crippen LogP contribution in [0, 0.1) is 12.8 Å². The van der Waals surface area contributed by atoms with E-state index in [1.165, 1.54) is 12.0 Å². The highest BCUT2D eigenvalue weighted by atomic mass is 16.2.